The predicted octanol–water partition coefficient (Wildman–Crippen LogP) is 2.72. The van der Waals surface area contributed by atoms with Crippen LogP contribution in [0.3, 0.4) is 0 Å². The van der Waals surface area contributed by atoms with Gasteiger partial charge in [-0.15, -0.1) is 0 Å². The molecular weight excluding hydrogens is 388 g/mol. The lowest BCUT2D eigenvalue weighted by Gasteiger charge is -2.34. The lowest BCUT2D eigenvalue weighted by atomic mass is 10.0. The number of nitrogens with zero attached hydrogens (tertiary/aromatic N) is 4. The van der Waals surface area contributed by atoms with Crippen molar-refractivity contribution in [1.29, 1.82) is 0 Å². The fourth-order valence-corrected chi connectivity index (χ4v) is 4.83. The number of fused-ring (bicyclic) bond motifs is 2. The van der Waals surface area contributed by atoms with Crippen molar-refractivity contribution in [2.45, 2.75) is 32.0 Å². The Balaban J connectivity index is 1.56. The van der Waals surface area contributed by atoms with Gasteiger partial charge in [0.25, 0.3) is 5.91 Å². The van der Waals surface area contributed by atoms with E-state index in [9.17, 15) is 4.79 Å². The summed E-state index contributed by atoms with van der Waals surface area (Å²) in [5.41, 5.74) is 16.8. The number of rotatable bonds is 3. The Bertz CT molecular complexity index is 1280. The number of carbonyl (C=O) groups excluding carboxylic acids is 1. The fourth-order valence-electron chi connectivity index (χ4n) is 4.83. The van der Waals surface area contributed by atoms with Crippen molar-refractivity contribution >= 4 is 27.8 Å². The second kappa shape index (κ2) is 7.51. The summed E-state index contributed by atoms with van der Waals surface area (Å²) in [6, 6.07) is 16.1. The number of aryl methyl sites for hydroxylation is 2. The second-order valence-electron chi connectivity index (χ2n) is 8.50. The standard InChI is InChI=1S/C24H28N6O/c1-3-30-20-7-5-4-6-15(20)11-22(30)23-27-19-10-16(8-9-21(19)28(23)2)24(31)29-13-17(25)12-18(26)14-29/h4-11,17-18H,3,12-14,25-26H2,1-2H3/t17-,18+. The van der Waals surface area contributed by atoms with Crippen LogP contribution in [0.4, 0.5) is 0 Å². The van der Waals surface area contributed by atoms with E-state index in [1.807, 2.05) is 25.2 Å². The maximum atomic E-state index is 13.1. The first-order valence-corrected chi connectivity index (χ1v) is 10.8. The molecule has 1 fully saturated rings. The molecule has 4 N–H and O–H groups in total. The van der Waals surface area contributed by atoms with Gasteiger partial charge < -0.3 is 25.5 Å². The van der Waals surface area contributed by atoms with Gasteiger partial charge in [-0.1, -0.05) is 18.2 Å². The first-order chi connectivity index (χ1) is 15.0. The fraction of sp³-hybridized carbons (Fsp3) is 0.333. The number of hydrogen-bond acceptors (Lipinski definition) is 4. The number of carbonyl (C=O) groups is 1. The summed E-state index contributed by atoms with van der Waals surface area (Å²) in [5, 5.41) is 1.19. The number of benzene rings is 2. The molecule has 7 nitrogen and oxygen atoms in total. The zero-order chi connectivity index (χ0) is 21.7. The van der Waals surface area contributed by atoms with E-state index >= 15 is 0 Å². The zero-order valence-corrected chi connectivity index (χ0v) is 18.0. The van der Waals surface area contributed by atoms with Gasteiger partial charge in [-0.2, -0.15) is 0 Å². The van der Waals surface area contributed by atoms with Gasteiger partial charge in [0.05, 0.1) is 16.7 Å². The molecule has 160 valence electrons. The van der Waals surface area contributed by atoms with Crippen LogP contribution in [0.25, 0.3) is 33.5 Å². The average molecular weight is 417 g/mol. The van der Waals surface area contributed by atoms with Crippen LogP contribution < -0.4 is 11.5 Å². The summed E-state index contributed by atoms with van der Waals surface area (Å²) in [5.74, 6) is 0.849. The molecule has 0 radical (unpaired) electrons. The summed E-state index contributed by atoms with van der Waals surface area (Å²) >= 11 is 0. The molecule has 2 aromatic heterocycles. The van der Waals surface area contributed by atoms with E-state index in [1.54, 1.807) is 4.90 Å². The summed E-state index contributed by atoms with van der Waals surface area (Å²) in [7, 11) is 2.02. The smallest absolute Gasteiger partial charge is 0.254 e. The van der Waals surface area contributed by atoms with Crippen molar-refractivity contribution in [2.24, 2.45) is 18.5 Å². The molecule has 0 spiro atoms. The minimum absolute atomic E-state index is 0.0395. The number of para-hydroxylation sites is 1. The van der Waals surface area contributed by atoms with Gasteiger partial charge in [0.2, 0.25) is 0 Å². The maximum Gasteiger partial charge on any atom is 0.254 e. The van der Waals surface area contributed by atoms with E-state index in [-0.39, 0.29) is 18.0 Å². The normalized spacial score (nSPS) is 19.4. The van der Waals surface area contributed by atoms with Crippen LogP contribution >= 0.6 is 0 Å². The molecule has 3 heterocycles. The van der Waals surface area contributed by atoms with Gasteiger partial charge in [-0.3, -0.25) is 4.79 Å². The highest BCUT2D eigenvalue weighted by atomic mass is 16.2. The van der Waals surface area contributed by atoms with Crippen molar-refractivity contribution < 1.29 is 4.79 Å². The van der Waals surface area contributed by atoms with Crippen LogP contribution in [-0.2, 0) is 13.6 Å². The van der Waals surface area contributed by atoms with Crippen LogP contribution in [0.15, 0.2) is 48.5 Å². The third kappa shape index (κ3) is 3.30. The molecule has 1 saturated heterocycles. The molecule has 0 aliphatic carbocycles. The number of amides is 1. The largest absolute Gasteiger partial charge is 0.338 e. The first kappa shape index (κ1) is 19.8. The molecule has 1 aliphatic rings. The molecular formula is C24H28N6O. The Morgan fingerprint density at radius 1 is 1.06 bits per heavy atom. The van der Waals surface area contributed by atoms with Crippen LogP contribution in [0, 0.1) is 0 Å². The number of imidazole rings is 1. The van der Waals surface area contributed by atoms with Gasteiger partial charge in [-0.05, 0) is 43.7 Å². The highest BCUT2D eigenvalue weighted by molar-refractivity contribution is 5.98. The Morgan fingerprint density at radius 3 is 2.55 bits per heavy atom. The van der Waals surface area contributed by atoms with Gasteiger partial charge in [0.1, 0.15) is 0 Å². The SMILES string of the molecule is CCn1c(-c2nc3cc(C(=O)N4C[C@H](N)C[C@H](N)C4)ccc3n2C)cc2ccccc21. The van der Waals surface area contributed by atoms with E-state index in [1.165, 1.54) is 10.9 Å². The summed E-state index contributed by atoms with van der Waals surface area (Å²) < 4.78 is 4.37. The summed E-state index contributed by atoms with van der Waals surface area (Å²) in [6.45, 7) is 4.07. The second-order valence-corrected chi connectivity index (χ2v) is 8.50. The Hall–Kier alpha value is -3.16. The Kier molecular flexibility index (Phi) is 4.79. The maximum absolute atomic E-state index is 13.1. The molecule has 0 unspecified atom stereocenters. The van der Waals surface area contributed by atoms with Crippen molar-refractivity contribution in [3.05, 3.63) is 54.1 Å². The van der Waals surface area contributed by atoms with E-state index in [2.05, 4.69) is 46.4 Å². The third-order valence-electron chi connectivity index (χ3n) is 6.29. The lowest BCUT2D eigenvalue weighted by Crippen LogP contribution is -2.54. The summed E-state index contributed by atoms with van der Waals surface area (Å²) in [6.07, 6.45) is 0.748. The van der Waals surface area contributed by atoms with Crippen molar-refractivity contribution in [3.8, 4) is 11.5 Å². The first-order valence-electron chi connectivity index (χ1n) is 10.8. The molecule has 5 rings (SSSR count). The van der Waals surface area contributed by atoms with E-state index in [0.717, 1.165) is 35.5 Å². The number of likely N-dealkylation sites (tertiary alicyclic amines) is 1. The average Bonchev–Trinajstić information content (AvgIpc) is 3.29. The molecule has 1 amide bonds. The number of hydrogen-bond donors (Lipinski definition) is 2. The molecule has 4 aromatic rings. The molecule has 2 aromatic carbocycles. The van der Waals surface area contributed by atoms with Gasteiger partial charge in [0, 0.05) is 55.2 Å². The molecule has 31 heavy (non-hydrogen) atoms. The van der Waals surface area contributed by atoms with Crippen molar-refractivity contribution in [3.63, 3.8) is 0 Å². The van der Waals surface area contributed by atoms with E-state index in [4.69, 9.17) is 16.5 Å². The van der Waals surface area contributed by atoms with Crippen LogP contribution in [0.1, 0.15) is 23.7 Å². The van der Waals surface area contributed by atoms with Crippen LogP contribution in [0.2, 0.25) is 0 Å². The molecule has 0 bridgehead atoms. The van der Waals surface area contributed by atoms with E-state index < -0.39 is 0 Å². The predicted molar refractivity (Wildman–Crippen MR) is 124 cm³/mol. The van der Waals surface area contributed by atoms with Crippen LogP contribution in [-0.4, -0.2) is 50.1 Å². The number of aromatic nitrogens is 3. The highest BCUT2D eigenvalue weighted by Crippen LogP contribution is 2.30. The Labute approximate surface area is 181 Å². The van der Waals surface area contributed by atoms with Crippen LogP contribution in [0.5, 0.6) is 0 Å². The van der Waals surface area contributed by atoms with Crippen molar-refractivity contribution in [2.75, 3.05) is 13.1 Å². The van der Waals surface area contributed by atoms with Gasteiger partial charge >= 0.3 is 0 Å². The number of piperidine rings is 1. The summed E-state index contributed by atoms with van der Waals surface area (Å²) in [4.78, 5) is 19.8. The van der Waals surface area contributed by atoms with Crippen molar-refractivity contribution in [1.82, 2.24) is 19.0 Å². The molecule has 7 heteroatoms. The number of nitrogens with two attached hydrogens (primary N) is 2. The zero-order valence-electron chi connectivity index (χ0n) is 18.0. The van der Waals surface area contributed by atoms with E-state index in [0.29, 0.717) is 18.7 Å². The minimum atomic E-state index is -0.0751. The highest BCUT2D eigenvalue weighted by Gasteiger charge is 2.27. The van der Waals surface area contributed by atoms with Gasteiger partial charge in [0.15, 0.2) is 5.82 Å². The Morgan fingerprint density at radius 2 is 1.81 bits per heavy atom. The molecule has 2 atom stereocenters. The third-order valence-corrected chi connectivity index (χ3v) is 6.29. The topological polar surface area (TPSA) is 95.1 Å². The quantitative estimate of drug-likeness (QED) is 0.537. The molecule has 1 aliphatic heterocycles. The minimum Gasteiger partial charge on any atom is -0.338 e. The monoisotopic (exact) mass is 416 g/mol. The van der Waals surface area contributed by atoms with Gasteiger partial charge in [-0.25, -0.2) is 4.98 Å². The lowest BCUT2D eigenvalue weighted by molar-refractivity contribution is 0.0691. The molecule has 0 saturated carbocycles.